The molecule has 0 radical (unpaired) electrons. The number of carbonyl (C=O) groups is 2. The zero-order valence-electron chi connectivity index (χ0n) is 23.9. The first-order valence-corrected chi connectivity index (χ1v) is 14.0. The summed E-state index contributed by atoms with van der Waals surface area (Å²) >= 11 is 0. The van der Waals surface area contributed by atoms with Gasteiger partial charge in [-0.05, 0) is 86.6 Å². The van der Waals surface area contributed by atoms with Crippen molar-refractivity contribution in [1.29, 1.82) is 0 Å². The Labute approximate surface area is 244 Å². The molecule has 1 saturated heterocycles. The quantitative estimate of drug-likeness (QED) is 0.295. The summed E-state index contributed by atoms with van der Waals surface area (Å²) in [6.45, 7) is 6.67. The average Bonchev–Trinajstić information content (AvgIpc) is 3.29. The van der Waals surface area contributed by atoms with Crippen LogP contribution in [-0.2, 0) is 11.3 Å². The van der Waals surface area contributed by atoms with E-state index < -0.39 is 35.0 Å². The summed E-state index contributed by atoms with van der Waals surface area (Å²) in [5.74, 6) is 0.353. The SMILES string of the molecule is C#CCC(c1cc(F)ccc1F)N1Cc2c(F)cc(-c3ccc(C4CCN(C(=O)OC(C)(C)C)CC4)cc3)cc2C1=O. The molecule has 1 unspecified atom stereocenters. The molecule has 8 heteroatoms. The van der Waals surface area contributed by atoms with E-state index in [9.17, 15) is 18.4 Å². The number of nitrogens with zero attached hydrogens (tertiary/aromatic N) is 2. The van der Waals surface area contributed by atoms with Crippen LogP contribution in [-0.4, -0.2) is 40.5 Å². The van der Waals surface area contributed by atoms with Crippen molar-refractivity contribution in [2.45, 2.75) is 64.1 Å². The fourth-order valence-corrected chi connectivity index (χ4v) is 5.74. The number of hydrogen-bond acceptors (Lipinski definition) is 3. The van der Waals surface area contributed by atoms with Crippen LogP contribution in [0.25, 0.3) is 11.1 Å². The van der Waals surface area contributed by atoms with Gasteiger partial charge in [0.25, 0.3) is 5.91 Å². The topological polar surface area (TPSA) is 49.9 Å². The Morgan fingerprint density at radius 1 is 1.00 bits per heavy atom. The van der Waals surface area contributed by atoms with Crippen molar-refractivity contribution >= 4 is 12.0 Å². The third-order valence-corrected chi connectivity index (χ3v) is 7.88. The van der Waals surface area contributed by atoms with Crippen LogP contribution in [0.3, 0.4) is 0 Å². The van der Waals surface area contributed by atoms with Gasteiger partial charge in [0.05, 0.1) is 12.6 Å². The molecule has 42 heavy (non-hydrogen) atoms. The molecule has 5 rings (SSSR count). The second kappa shape index (κ2) is 11.6. The van der Waals surface area contributed by atoms with E-state index in [0.717, 1.165) is 42.2 Å². The highest BCUT2D eigenvalue weighted by molar-refractivity contribution is 6.00. The Bertz CT molecular complexity index is 1550. The maximum absolute atomic E-state index is 15.4. The van der Waals surface area contributed by atoms with Gasteiger partial charge in [-0.1, -0.05) is 24.3 Å². The van der Waals surface area contributed by atoms with Crippen molar-refractivity contribution in [3.8, 4) is 23.5 Å². The molecule has 2 aliphatic heterocycles. The number of amides is 2. The Balaban J connectivity index is 1.32. The number of carbonyl (C=O) groups excluding carboxylic acids is 2. The van der Waals surface area contributed by atoms with E-state index in [1.165, 1.54) is 11.0 Å². The Hall–Kier alpha value is -4.25. The van der Waals surface area contributed by atoms with Gasteiger partial charge in [0.1, 0.15) is 23.1 Å². The first kappa shape index (κ1) is 29.2. The number of ether oxygens (including phenoxy) is 1. The van der Waals surface area contributed by atoms with Gasteiger partial charge < -0.3 is 14.5 Å². The molecular weight excluding hydrogens is 541 g/mol. The zero-order chi connectivity index (χ0) is 30.2. The first-order chi connectivity index (χ1) is 19.9. The summed E-state index contributed by atoms with van der Waals surface area (Å²) in [5, 5.41) is 0. The standard InChI is InChI=1S/C34H33F3N2O3/c1-5-6-31(27-19-25(35)11-12-29(27)36)39-20-28-26(32(39)40)17-24(18-30(28)37)22-9-7-21(8-10-22)23-13-15-38(16-14-23)33(41)42-34(2,3)4/h1,7-12,17-19,23,31H,6,13-16,20H2,2-4H3. The molecule has 0 bridgehead atoms. The monoisotopic (exact) mass is 574 g/mol. The molecule has 2 aliphatic rings. The molecule has 0 aliphatic carbocycles. The summed E-state index contributed by atoms with van der Waals surface area (Å²) in [4.78, 5) is 28.9. The maximum Gasteiger partial charge on any atom is 0.410 e. The minimum absolute atomic E-state index is 0.0396. The lowest BCUT2D eigenvalue weighted by molar-refractivity contribution is 0.0204. The minimum Gasteiger partial charge on any atom is -0.444 e. The second-order valence-corrected chi connectivity index (χ2v) is 11.9. The predicted octanol–water partition coefficient (Wildman–Crippen LogP) is 7.61. The first-order valence-electron chi connectivity index (χ1n) is 14.0. The fraction of sp³-hybridized carbons (Fsp3) is 0.353. The Morgan fingerprint density at radius 3 is 2.33 bits per heavy atom. The normalized spacial score (nSPS) is 16.3. The van der Waals surface area contributed by atoms with E-state index in [-0.39, 0.29) is 41.7 Å². The van der Waals surface area contributed by atoms with Crippen LogP contribution in [0.4, 0.5) is 18.0 Å². The van der Waals surface area contributed by atoms with Crippen molar-refractivity contribution in [3.05, 3.63) is 94.3 Å². The van der Waals surface area contributed by atoms with Gasteiger partial charge in [-0.15, -0.1) is 12.3 Å². The van der Waals surface area contributed by atoms with E-state index in [2.05, 4.69) is 5.92 Å². The van der Waals surface area contributed by atoms with Gasteiger partial charge in [-0.2, -0.15) is 0 Å². The van der Waals surface area contributed by atoms with Gasteiger partial charge in [-0.3, -0.25) is 4.79 Å². The highest BCUT2D eigenvalue weighted by Gasteiger charge is 2.36. The third kappa shape index (κ3) is 6.01. The van der Waals surface area contributed by atoms with Crippen LogP contribution in [0.1, 0.15) is 79.0 Å². The van der Waals surface area contributed by atoms with Crippen LogP contribution in [0, 0.1) is 29.8 Å². The van der Waals surface area contributed by atoms with Crippen molar-refractivity contribution in [3.63, 3.8) is 0 Å². The molecule has 0 N–H and O–H groups in total. The summed E-state index contributed by atoms with van der Waals surface area (Å²) in [7, 11) is 0. The molecule has 3 aromatic carbocycles. The molecule has 0 saturated carbocycles. The molecule has 2 heterocycles. The van der Waals surface area contributed by atoms with Crippen molar-refractivity contribution in [1.82, 2.24) is 9.80 Å². The number of fused-ring (bicyclic) bond motifs is 1. The summed E-state index contributed by atoms with van der Waals surface area (Å²) < 4.78 is 49.4. The number of benzene rings is 3. The van der Waals surface area contributed by atoms with Crippen molar-refractivity contribution in [2.75, 3.05) is 13.1 Å². The van der Waals surface area contributed by atoms with E-state index in [1.54, 1.807) is 11.0 Å². The number of piperidine rings is 1. The van der Waals surface area contributed by atoms with E-state index >= 15 is 4.39 Å². The summed E-state index contributed by atoms with van der Waals surface area (Å²) in [5.41, 5.74) is 2.22. The van der Waals surface area contributed by atoms with Gasteiger partial charge >= 0.3 is 6.09 Å². The largest absolute Gasteiger partial charge is 0.444 e. The smallest absolute Gasteiger partial charge is 0.410 e. The highest BCUT2D eigenvalue weighted by atomic mass is 19.1. The summed E-state index contributed by atoms with van der Waals surface area (Å²) in [6.07, 6.45) is 6.78. The Kier molecular flexibility index (Phi) is 8.05. The van der Waals surface area contributed by atoms with Crippen molar-refractivity contribution in [2.24, 2.45) is 0 Å². The molecule has 3 aromatic rings. The lowest BCUT2D eigenvalue weighted by Gasteiger charge is -2.33. The number of rotatable bonds is 5. The zero-order valence-corrected chi connectivity index (χ0v) is 23.9. The van der Waals surface area contributed by atoms with Gasteiger partial charge in [0, 0.05) is 36.2 Å². The summed E-state index contributed by atoms with van der Waals surface area (Å²) in [6, 6.07) is 12.9. The van der Waals surface area contributed by atoms with Gasteiger partial charge in [0.2, 0.25) is 0 Å². The Morgan fingerprint density at radius 2 is 1.69 bits per heavy atom. The van der Waals surface area contributed by atoms with Crippen molar-refractivity contribution < 1.29 is 27.5 Å². The van der Waals surface area contributed by atoms with Gasteiger partial charge in [0.15, 0.2) is 0 Å². The molecule has 218 valence electrons. The second-order valence-electron chi connectivity index (χ2n) is 11.9. The highest BCUT2D eigenvalue weighted by Crippen LogP contribution is 2.38. The minimum atomic E-state index is -0.936. The molecule has 1 atom stereocenters. The van der Waals surface area contributed by atoms with Gasteiger partial charge in [-0.25, -0.2) is 18.0 Å². The van der Waals surface area contributed by atoms with Crippen LogP contribution in [0.5, 0.6) is 0 Å². The van der Waals surface area contributed by atoms with Crippen LogP contribution in [0.15, 0.2) is 54.6 Å². The lowest BCUT2D eigenvalue weighted by atomic mass is 9.88. The number of hydrogen-bond donors (Lipinski definition) is 0. The average molecular weight is 575 g/mol. The molecular formula is C34H33F3N2O3. The number of halogens is 3. The van der Waals surface area contributed by atoms with Crippen LogP contribution < -0.4 is 0 Å². The number of terminal acetylenes is 1. The van der Waals surface area contributed by atoms with Crippen LogP contribution >= 0.6 is 0 Å². The van der Waals surface area contributed by atoms with Crippen LogP contribution in [0.2, 0.25) is 0 Å². The molecule has 0 spiro atoms. The third-order valence-electron chi connectivity index (χ3n) is 7.88. The van der Waals surface area contributed by atoms with E-state index in [1.807, 2.05) is 45.0 Å². The fourth-order valence-electron chi connectivity index (χ4n) is 5.74. The molecule has 5 nitrogen and oxygen atoms in total. The molecule has 1 fully saturated rings. The lowest BCUT2D eigenvalue weighted by Crippen LogP contribution is -2.41. The predicted molar refractivity (Wildman–Crippen MR) is 154 cm³/mol. The number of likely N-dealkylation sites (tertiary alicyclic amines) is 1. The maximum atomic E-state index is 15.4. The molecule has 2 amide bonds. The van der Waals surface area contributed by atoms with E-state index in [4.69, 9.17) is 11.2 Å². The van der Waals surface area contributed by atoms with E-state index in [0.29, 0.717) is 18.7 Å². The molecule has 0 aromatic heterocycles.